The highest BCUT2D eigenvalue weighted by Crippen LogP contribution is 2.30. The van der Waals surface area contributed by atoms with E-state index in [0.29, 0.717) is 0 Å². The number of aliphatic imine (C=N–C) groups is 1. The third-order valence-corrected chi connectivity index (χ3v) is 2.73. The fourth-order valence-electron chi connectivity index (χ4n) is 1.87. The molecule has 1 aromatic rings. The van der Waals surface area contributed by atoms with E-state index >= 15 is 0 Å². The largest absolute Gasteiger partial charge is 0.506 e. The summed E-state index contributed by atoms with van der Waals surface area (Å²) in [5, 5.41) is 19.8. The molecule has 2 rings (SSSR count). The van der Waals surface area contributed by atoms with E-state index in [4.69, 9.17) is 5.73 Å². The van der Waals surface area contributed by atoms with Crippen LogP contribution in [0.15, 0.2) is 23.3 Å². The second-order valence-corrected chi connectivity index (χ2v) is 4.24. The van der Waals surface area contributed by atoms with Crippen LogP contribution in [0.5, 0.6) is 5.75 Å². The Morgan fingerprint density at radius 2 is 2.35 bits per heavy atom. The van der Waals surface area contributed by atoms with Crippen molar-refractivity contribution in [2.24, 2.45) is 10.7 Å². The van der Waals surface area contributed by atoms with Crippen LogP contribution in [-0.4, -0.2) is 38.5 Å². The molecule has 0 aromatic carbocycles. The average molecular weight is 235 g/mol. The van der Waals surface area contributed by atoms with Gasteiger partial charge in [-0.05, 0) is 19.1 Å². The number of rotatable bonds is 2. The smallest absolute Gasteiger partial charge is 0.242 e. The maximum Gasteiger partial charge on any atom is 0.242 e. The highest BCUT2D eigenvalue weighted by atomic mass is 16.3. The quantitative estimate of drug-likeness (QED) is 0.647. The summed E-state index contributed by atoms with van der Waals surface area (Å²) in [6.07, 6.45) is 1.58. The van der Waals surface area contributed by atoms with Gasteiger partial charge in [-0.3, -0.25) is 14.8 Å². The molecule has 90 valence electrons. The van der Waals surface area contributed by atoms with Crippen molar-refractivity contribution >= 4 is 11.6 Å². The molecule has 2 atom stereocenters. The van der Waals surface area contributed by atoms with Crippen molar-refractivity contribution in [3.05, 3.63) is 24.0 Å². The van der Waals surface area contributed by atoms with Crippen LogP contribution in [0.25, 0.3) is 0 Å². The van der Waals surface area contributed by atoms with Gasteiger partial charge in [0.05, 0.1) is 5.71 Å². The summed E-state index contributed by atoms with van der Waals surface area (Å²) >= 11 is 0. The van der Waals surface area contributed by atoms with Gasteiger partial charge in [-0.2, -0.15) is 0 Å². The summed E-state index contributed by atoms with van der Waals surface area (Å²) in [4.78, 5) is 19.1. The molecule has 2 heterocycles. The normalized spacial score (nSPS) is 27.9. The minimum Gasteiger partial charge on any atom is -0.506 e. The second-order valence-electron chi connectivity index (χ2n) is 4.24. The molecule has 1 aromatic heterocycles. The van der Waals surface area contributed by atoms with E-state index in [1.54, 1.807) is 6.07 Å². The number of nitrogens with zero attached hydrogens (tertiary/aromatic N) is 2. The van der Waals surface area contributed by atoms with Crippen LogP contribution in [-0.2, 0) is 4.79 Å². The number of hydrogen-bond donors (Lipinski definition) is 3. The molecule has 0 bridgehead atoms. The number of pyridine rings is 1. The van der Waals surface area contributed by atoms with E-state index < -0.39 is 17.6 Å². The number of amides is 1. The van der Waals surface area contributed by atoms with E-state index in [2.05, 4.69) is 9.98 Å². The van der Waals surface area contributed by atoms with Crippen molar-refractivity contribution < 1.29 is 15.0 Å². The van der Waals surface area contributed by atoms with Crippen LogP contribution in [0.3, 0.4) is 0 Å². The van der Waals surface area contributed by atoms with Crippen LogP contribution >= 0.6 is 0 Å². The Balaban J connectivity index is 2.47. The lowest BCUT2D eigenvalue weighted by atomic mass is 9.93. The van der Waals surface area contributed by atoms with Gasteiger partial charge in [0.25, 0.3) is 0 Å². The van der Waals surface area contributed by atoms with Gasteiger partial charge in [0.2, 0.25) is 5.91 Å². The highest BCUT2D eigenvalue weighted by Gasteiger charge is 2.41. The fraction of sp³-hybridized carbons (Fsp3) is 0.364. The Morgan fingerprint density at radius 1 is 1.65 bits per heavy atom. The first-order chi connectivity index (χ1) is 7.92. The van der Waals surface area contributed by atoms with E-state index in [1.165, 1.54) is 19.2 Å². The topological polar surface area (TPSA) is 109 Å². The lowest BCUT2D eigenvalue weighted by Crippen LogP contribution is -2.35. The first-order valence-corrected chi connectivity index (χ1v) is 5.16. The molecule has 1 aliphatic heterocycles. The number of carbonyl (C=O) groups excluding carboxylic acids is 1. The van der Waals surface area contributed by atoms with Crippen LogP contribution in [0.1, 0.15) is 19.0 Å². The molecular formula is C11H13N3O3. The number of aromatic hydroxyl groups is 1. The standard InChI is InChI=1S/C11H13N3O3/c1-11(17)5-6(10(12)16)14-9(11)8-7(15)3-2-4-13-8/h2-4,6,15,17H,5H2,1H3,(H2,12,16). The number of nitrogens with two attached hydrogens (primary N) is 1. The molecule has 6 heteroatoms. The Kier molecular flexibility index (Phi) is 2.59. The van der Waals surface area contributed by atoms with E-state index in [0.717, 1.165) is 0 Å². The monoisotopic (exact) mass is 235 g/mol. The van der Waals surface area contributed by atoms with Crippen molar-refractivity contribution in [1.29, 1.82) is 0 Å². The molecular weight excluding hydrogens is 222 g/mol. The molecule has 0 aliphatic carbocycles. The summed E-state index contributed by atoms with van der Waals surface area (Å²) in [6, 6.07) is 2.23. The van der Waals surface area contributed by atoms with Crippen molar-refractivity contribution in [3.8, 4) is 5.75 Å². The van der Waals surface area contributed by atoms with Gasteiger partial charge < -0.3 is 15.9 Å². The first kappa shape index (κ1) is 11.5. The van der Waals surface area contributed by atoms with E-state index in [1.807, 2.05) is 0 Å². The molecule has 0 spiro atoms. The lowest BCUT2D eigenvalue weighted by Gasteiger charge is -2.19. The molecule has 2 unspecified atom stereocenters. The molecule has 17 heavy (non-hydrogen) atoms. The van der Waals surface area contributed by atoms with Crippen molar-refractivity contribution in [2.75, 3.05) is 0 Å². The molecule has 4 N–H and O–H groups in total. The van der Waals surface area contributed by atoms with Crippen LogP contribution in [0.4, 0.5) is 0 Å². The molecule has 1 amide bonds. The summed E-state index contributed by atoms with van der Waals surface area (Å²) in [5.41, 5.74) is 4.22. The van der Waals surface area contributed by atoms with Crippen molar-refractivity contribution in [3.63, 3.8) is 0 Å². The zero-order valence-corrected chi connectivity index (χ0v) is 9.29. The zero-order chi connectivity index (χ0) is 12.6. The van der Waals surface area contributed by atoms with Gasteiger partial charge in [0.1, 0.15) is 23.1 Å². The maximum atomic E-state index is 11.1. The fourth-order valence-corrected chi connectivity index (χ4v) is 1.87. The summed E-state index contributed by atoms with van der Waals surface area (Å²) in [7, 11) is 0. The molecule has 0 fully saturated rings. The van der Waals surface area contributed by atoms with Gasteiger partial charge in [0, 0.05) is 12.6 Å². The Labute approximate surface area is 97.8 Å². The molecule has 1 aliphatic rings. The number of aromatic nitrogens is 1. The van der Waals surface area contributed by atoms with Crippen LogP contribution < -0.4 is 5.73 Å². The van der Waals surface area contributed by atoms with E-state index in [9.17, 15) is 15.0 Å². The molecule has 0 radical (unpaired) electrons. The third-order valence-electron chi connectivity index (χ3n) is 2.73. The van der Waals surface area contributed by atoms with Crippen molar-refractivity contribution in [2.45, 2.75) is 25.0 Å². The first-order valence-electron chi connectivity index (χ1n) is 5.16. The minimum atomic E-state index is -1.31. The number of primary amides is 1. The predicted octanol–water partition coefficient (Wildman–Crippen LogP) is -0.415. The second kappa shape index (κ2) is 3.81. The highest BCUT2D eigenvalue weighted by molar-refractivity contribution is 6.09. The van der Waals surface area contributed by atoms with Crippen molar-refractivity contribution in [1.82, 2.24) is 4.98 Å². The number of carbonyl (C=O) groups is 1. The molecule has 6 nitrogen and oxygen atoms in total. The van der Waals surface area contributed by atoms with Gasteiger partial charge in [-0.1, -0.05) is 0 Å². The Morgan fingerprint density at radius 3 is 2.88 bits per heavy atom. The van der Waals surface area contributed by atoms with E-state index in [-0.39, 0.29) is 23.6 Å². The number of aliphatic hydroxyl groups is 1. The third kappa shape index (κ3) is 1.99. The maximum absolute atomic E-state index is 11.1. The Hall–Kier alpha value is -1.95. The van der Waals surface area contributed by atoms with Gasteiger partial charge in [-0.25, -0.2) is 0 Å². The minimum absolute atomic E-state index is 0.0864. The predicted molar refractivity (Wildman–Crippen MR) is 60.7 cm³/mol. The summed E-state index contributed by atoms with van der Waals surface area (Å²) in [6.45, 7) is 1.52. The van der Waals surface area contributed by atoms with Gasteiger partial charge in [-0.15, -0.1) is 0 Å². The summed E-state index contributed by atoms with van der Waals surface area (Å²) < 4.78 is 0. The summed E-state index contributed by atoms with van der Waals surface area (Å²) in [5.74, 6) is -0.688. The zero-order valence-electron chi connectivity index (χ0n) is 9.29. The van der Waals surface area contributed by atoms with Crippen LogP contribution in [0, 0.1) is 0 Å². The molecule has 0 saturated heterocycles. The van der Waals surface area contributed by atoms with Crippen LogP contribution in [0.2, 0.25) is 0 Å². The lowest BCUT2D eigenvalue weighted by molar-refractivity contribution is -0.119. The van der Waals surface area contributed by atoms with Gasteiger partial charge >= 0.3 is 0 Å². The molecule has 0 saturated carbocycles. The van der Waals surface area contributed by atoms with Gasteiger partial charge in [0.15, 0.2) is 0 Å². The SMILES string of the molecule is CC1(O)CC(C(N)=O)N=C1c1ncccc1O. The Bertz CT molecular complexity index is 496. The number of hydrogen-bond acceptors (Lipinski definition) is 5. The average Bonchev–Trinajstić information content (AvgIpc) is 2.55.